The SMILES string of the molecule is CC(C)(C)OC(=O)N(Cc1ccc(Cl)cc1)[C@@H]1CC[C@H](CO)C1. The van der Waals surface area contributed by atoms with Crippen molar-refractivity contribution in [1.29, 1.82) is 0 Å². The van der Waals surface area contributed by atoms with Gasteiger partial charge in [-0.2, -0.15) is 0 Å². The summed E-state index contributed by atoms with van der Waals surface area (Å²) < 4.78 is 5.58. The molecule has 1 aromatic rings. The Balaban J connectivity index is 2.13. The number of ether oxygens (including phenoxy) is 1. The molecular weight excluding hydrogens is 314 g/mol. The van der Waals surface area contributed by atoms with Gasteiger partial charge in [0.2, 0.25) is 0 Å². The molecule has 0 saturated heterocycles. The zero-order chi connectivity index (χ0) is 17.0. The number of carbonyl (C=O) groups is 1. The number of aliphatic hydroxyl groups is 1. The van der Waals surface area contributed by atoms with Crippen molar-refractivity contribution in [3.8, 4) is 0 Å². The summed E-state index contributed by atoms with van der Waals surface area (Å²) in [5.41, 5.74) is 0.498. The number of carbonyl (C=O) groups excluding carboxylic acids is 1. The van der Waals surface area contributed by atoms with E-state index in [0.717, 1.165) is 24.8 Å². The normalized spacial score (nSPS) is 21.3. The lowest BCUT2D eigenvalue weighted by Gasteiger charge is -2.32. The fraction of sp³-hybridized carbons (Fsp3) is 0.611. The van der Waals surface area contributed by atoms with Gasteiger partial charge in [0.15, 0.2) is 0 Å². The molecule has 1 N–H and O–H groups in total. The van der Waals surface area contributed by atoms with E-state index in [1.54, 1.807) is 4.90 Å². The molecule has 128 valence electrons. The molecule has 0 radical (unpaired) electrons. The molecule has 1 aliphatic carbocycles. The minimum absolute atomic E-state index is 0.109. The second-order valence-corrected chi connectivity index (χ2v) is 7.69. The molecule has 2 atom stereocenters. The molecule has 5 heteroatoms. The van der Waals surface area contributed by atoms with E-state index in [0.29, 0.717) is 11.6 Å². The van der Waals surface area contributed by atoms with Crippen molar-refractivity contribution < 1.29 is 14.6 Å². The highest BCUT2D eigenvalue weighted by molar-refractivity contribution is 6.30. The zero-order valence-electron chi connectivity index (χ0n) is 14.1. The van der Waals surface area contributed by atoms with Gasteiger partial charge in [0, 0.05) is 24.2 Å². The fourth-order valence-electron chi connectivity index (χ4n) is 2.95. The summed E-state index contributed by atoms with van der Waals surface area (Å²) in [4.78, 5) is 14.4. The van der Waals surface area contributed by atoms with Crippen LogP contribution >= 0.6 is 11.6 Å². The van der Waals surface area contributed by atoms with Crippen LogP contribution in [0.3, 0.4) is 0 Å². The van der Waals surface area contributed by atoms with E-state index in [1.165, 1.54) is 0 Å². The maximum atomic E-state index is 12.6. The molecule has 0 spiro atoms. The Morgan fingerprint density at radius 2 is 1.96 bits per heavy atom. The van der Waals surface area contributed by atoms with E-state index in [1.807, 2.05) is 45.0 Å². The summed E-state index contributed by atoms with van der Waals surface area (Å²) in [6, 6.07) is 7.62. The van der Waals surface area contributed by atoms with Crippen molar-refractivity contribution in [2.24, 2.45) is 5.92 Å². The number of amides is 1. The Labute approximate surface area is 143 Å². The van der Waals surface area contributed by atoms with Crippen LogP contribution in [0.15, 0.2) is 24.3 Å². The van der Waals surface area contributed by atoms with E-state index >= 15 is 0 Å². The molecule has 0 unspecified atom stereocenters. The van der Waals surface area contributed by atoms with E-state index in [4.69, 9.17) is 16.3 Å². The first-order valence-corrected chi connectivity index (χ1v) is 8.51. The number of aliphatic hydroxyl groups excluding tert-OH is 1. The van der Waals surface area contributed by atoms with Gasteiger partial charge in [0.25, 0.3) is 0 Å². The van der Waals surface area contributed by atoms with E-state index in [-0.39, 0.29) is 24.7 Å². The Hall–Kier alpha value is -1.26. The number of halogens is 1. The molecule has 1 saturated carbocycles. The molecule has 1 amide bonds. The van der Waals surface area contributed by atoms with Crippen LogP contribution in [0, 0.1) is 5.92 Å². The molecule has 2 rings (SSSR count). The van der Waals surface area contributed by atoms with E-state index in [2.05, 4.69) is 0 Å². The predicted octanol–water partition coefficient (Wildman–Crippen LogP) is 4.24. The molecule has 1 aliphatic rings. The van der Waals surface area contributed by atoms with Gasteiger partial charge in [-0.15, -0.1) is 0 Å². The maximum Gasteiger partial charge on any atom is 0.410 e. The summed E-state index contributed by atoms with van der Waals surface area (Å²) in [7, 11) is 0. The van der Waals surface area contributed by atoms with Crippen LogP contribution in [0.25, 0.3) is 0 Å². The van der Waals surface area contributed by atoms with Crippen molar-refractivity contribution in [1.82, 2.24) is 4.90 Å². The smallest absolute Gasteiger partial charge is 0.410 e. The van der Waals surface area contributed by atoms with Gasteiger partial charge < -0.3 is 14.7 Å². The van der Waals surface area contributed by atoms with Gasteiger partial charge in [-0.25, -0.2) is 4.79 Å². The highest BCUT2D eigenvalue weighted by atomic mass is 35.5. The summed E-state index contributed by atoms with van der Waals surface area (Å²) in [6.45, 7) is 6.29. The Bertz CT molecular complexity index is 524. The quantitative estimate of drug-likeness (QED) is 0.892. The summed E-state index contributed by atoms with van der Waals surface area (Å²) in [6.07, 6.45) is 2.37. The number of benzene rings is 1. The van der Waals surface area contributed by atoms with Crippen molar-refractivity contribution >= 4 is 17.7 Å². The molecule has 0 bridgehead atoms. The van der Waals surface area contributed by atoms with Crippen molar-refractivity contribution in [2.45, 2.75) is 58.2 Å². The van der Waals surface area contributed by atoms with Gasteiger partial charge in [0.05, 0.1) is 0 Å². The van der Waals surface area contributed by atoms with Crippen LogP contribution in [0.4, 0.5) is 4.79 Å². The molecule has 1 fully saturated rings. The first-order chi connectivity index (χ1) is 10.8. The summed E-state index contributed by atoms with van der Waals surface area (Å²) in [5.74, 6) is 0.273. The Morgan fingerprint density at radius 1 is 1.30 bits per heavy atom. The van der Waals surface area contributed by atoms with Gasteiger partial charge >= 0.3 is 6.09 Å². The second-order valence-electron chi connectivity index (χ2n) is 7.25. The number of rotatable bonds is 4. The summed E-state index contributed by atoms with van der Waals surface area (Å²) >= 11 is 5.93. The van der Waals surface area contributed by atoms with Crippen molar-refractivity contribution in [3.63, 3.8) is 0 Å². The molecular formula is C18H26ClNO3. The van der Waals surface area contributed by atoms with Gasteiger partial charge in [-0.3, -0.25) is 0 Å². The highest BCUT2D eigenvalue weighted by Crippen LogP contribution is 2.31. The standard InChI is InChI=1S/C18H26ClNO3/c1-18(2,3)23-17(22)20(16-9-6-14(10-16)12-21)11-13-4-7-15(19)8-5-13/h4-5,7-8,14,16,21H,6,9-12H2,1-3H3/t14-,16+/m0/s1. The number of hydrogen-bond donors (Lipinski definition) is 1. The number of nitrogens with zero attached hydrogens (tertiary/aromatic N) is 1. The molecule has 1 aromatic carbocycles. The Morgan fingerprint density at radius 3 is 2.48 bits per heavy atom. The maximum absolute atomic E-state index is 12.6. The minimum Gasteiger partial charge on any atom is -0.444 e. The van der Waals surface area contributed by atoms with E-state index in [9.17, 15) is 9.90 Å². The average molecular weight is 340 g/mol. The first-order valence-electron chi connectivity index (χ1n) is 8.13. The van der Waals surface area contributed by atoms with Crippen molar-refractivity contribution in [3.05, 3.63) is 34.9 Å². The van der Waals surface area contributed by atoms with Gasteiger partial charge in [0.1, 0.15) is 5.60 Å². The fourth-order valence-corrected chi connectivity index (χ4v) is 3.07. The van der Waals surface area contributed by atoms with Crippen LogP contribution < -0.4 is 0 Å². The third-order valence-electron chi connectivity index (χ3n) is 4.11. The Kier molecular flexibility index (Phi) is 5.93. The monoisotopic (exact) mass is 339 g/mol. The second kappa shape index (κ2) is 7.54. The third kappa shape index (κ3) is 5.40. The molecule has 0 aromatic heterocycles. The van der Waals surface area contributed by atoms with Gasteiger partial charge in [-0.1, -0.05) is 23.7 Å². The van der Waals surface area contributed by atoms with Crippen LogP contribution in [0.2, 0.25) is 5.02 Å². The topological polar surface area (TPSA) is 49.8 Å². The lowest BCUT2D eigenvalue weighted by molar-refractivity contribution is 0.0138. The average Bonchev–Trinajstić information content (AvgIpc) is 2.93. The highest BCUT2D eigenvalue weighted by Gasteiger charge is 2.34. The zero-order valence-corrected chi connectivity index (χ0v) is 14.8. The largest absolute Gasteiger partial charge is 0.444 e. The van der Waals surface area contributed by atoms with Crippen LogP contribution in [0.1, 0.15) is 45.6 Å². The summed E-state index contributed by atoms with van der Waals surface area (Å²) in [5, 5.41) is 10.0. The first kappa shape index (κ1) is 18.1. The predicted molar refractivity (Wildman–Crippen MR) is 91.4 cm³/mol. The lowest BCUT2D eigenvalue weighted by Crippen LogP contribution is -2.42. The van der Waals surface area contributed by atoms with Crippen molar-refractivity contribution in [2.75, 3.05) is 6.61 Å². The van der Waals surface area contributed by atoms with E-state index < -0.39 is 5.60 Å². The van der Waals surface area contributed by atoms with Crippen LogP contribution in [0.5, 0.6) is 0 Å². The molecule has 4 nitrogen and oxygen atoms in total. The molecule has 23 heavy (non-hydrogen) atoms. The van der Waals surface area contributed by atoms with Crippen LogP contribution in [-0.2, 0) is 11.3 Å². The van der Waals surface area contributed by atoms with Crippen LogP contribution in [-0.4, -0.2) is 34.3 Å². The molecule has 0 aliphatic heterocycles. The number of hydrogen-bond acceptors (Lipinski definition) is 3. The third-order valence-corrected chi connectivity index (χ3v) is 4.36. The van der Waals surface area contributed by atoms with Gasteiger partial charge in [-0.05, 0) is 63.6 Å². The lowest BCUT2D eigenvalue weighted by atomic mass is 10.1. The minimum atomic E-state index is -0.523. The molecule has 0 heterocycles.